The number of rotatable bonds is 10. The van der Waals surface area contributed by atoms with Crippen molar-refractivity contribution in [1.82, 2.24) is 5.32 Å². The standard InChI is InChI=1S/C16H26ClNOS/c1-3-11-18-15(4-2)9-7-12-20(19)13-14-8-5-6-10-16(14)17/h5-6,8,10,15,18H,3-4,7,9,11-13H2,1-2H3. The van der Waals surface area contributed by atoms with Crippen LogP contribution in [0.3, 0.4) is 0 Å². The Morgan fingerprint density at radius 2 is 2.05 bits per heavy atom. The van der Waals surface area contributed by atoms with Crippen molar-refractivity contribution >= 4 is 22.4 Å². The lowest BCUT2D eigenvalue weighted by molar-refractivity contribution is 0.464. The fourth-order valence-corrected chi connectivity index (χ4v) is 3.66. The van der Waals surface area contributed by atoms with Gasteiger partial charge in [0, 0.05) is 33.4 Å². The third-order valence-electron chi connectivity index (χ3n) is 3.37. The van der Waals surface area contributed by atoms with Crippen molar-refractivity contribution < 1.29 is 4.21 Å². The molecule has 20 heavy (non-hydrogen) atoms. The van der Waals surface area contributed by atoms with E-state index in [1.807, 2.05) is 24.3 Å². The zero-order valence-electron chi connectivity index (χ0n) is 12.5. The van der Waals surface area contributed by atoms with Crippen LogP contribution in [0.4, 0.5) is 0 Å². The highest BCUT2D eigenvalue weighted by Gasteiger charge is 2.08. The van der Waals surface area contributed by atoms with Crippen LogP contribution in [0.15, 0.2) is 24.3 Å². The molecular formula is C16H26ClNOS. The van der Waals surface area contributed by atoms with Crippen molar-refractivity contribution in [2.24, 2.45) is 0 Å². The number of hydrogen-bond donors (Lipinski definition) is 1. The molecule has 2 atom stereocenters. The first-order valence-corrected chi connectivity index (χ1v) is 9.35. The average Bonchev–Trinajstić information content (AvgIpc) is 2.45. The van der Waals surface area contributed by atoms with Gasteiger partial charge in [0.1, 0.15) is 0 Å². The molecule has 0 aliphatic heterocycles. The summed E-state index contributed by atoms with van der Waals surface area (Å²) in [6, 6.07) is 8.22. The molecule has 2 unspecified atom stereocenters. The molecule has 4 heteroatoms. The van der Waals surface area contributed by atoms with Crippen LogP contribution < -0.4 is 5.32 Å². The van der Waals surface area contributed by atoms with Crippen LogP contribution in [-0.2, 0) is 16.6 Å². The van der Waals surface area contributed by atoms with Crippen LogP contribution in [0.1, 0.15) is 45.1 Å². The second-order valence-corrected chi connectivity index (χ2v) is 7.06. The minimum absolute atomic E-state index is 0.562. The Morgan fingerprint density at radius 1 is 1.30 bits per heavy atom. The maximum Gasteiger partial charge on any atom is 0.0500 e. The number of hydrogen-bond acceptors (Lipinski definition) is 2. The maximum atomic E-state index is 12.1. The molecule has 0 spiro atoms. The van der Waals surface area contributed by atoms with E-state index in [0.29, 0.717) is 11.8 Å². The molecule has 1 aromatic rings. The molecule has 0 aromatic heterocycles. The summed E-state index contributed by atoms with van der Waals surface area (Å²) in [6.07, 6.45) is 4.41. The fourth-order valence-electron chi connectivity index (χ4n) is 2.15. The number of nitrogens with one attached hydrogen (secondary N) is 1. The Hall–Kier alpha value is -0.380. The summed E-state index contributed by atoms with van der Waals surface area (Å²) >= 11 is 6.09. The average molecular weight is 316 g/mol. The van der Waals surface area contributed by atoms with E-state index in [-0.39, 0.29) is 0 Å². The molecule has 114 valence electrons. The summed E-state index contributed by atoms with van der Waals surface area (Å²) in [5.74, 6) is 1.33. The minimum atomic E-state index is -0.818. The van der Waals surface area contributed by atoms with E-state index in [4.69, 9.17) is 11.6 Å². The quantitative estimate of drug-likeness (QED) is 0.703. The highest BCUT2D eigenvalue weighted by atomic mass is 35.5. The van der Waals surface area contributed by atoms with Crippen molar-refractivity contribution in [3.05, 3.63) is 34.9 Å². The van der Waals surface area contributed by atoms with E-state index in [9.17, 15) is 4.21 Å². The monoisotopic (exact) mass is 315 g/mol. The summed E-state index contributed by atoms with van der Waals surface area (Å²) < 4.78 is 12.1. The SMILES string of the molecule is CCCNC(CC)CCCS(=O)Cc1ccccc1Cl. The van der Waals surface area contributed by atoms with E-state index >= 15 is 0 Å². The molecule has 0 aliphatic carbocycles. The van der Waals surface area contributed by atoms with Gasteiger partial charge >= 0.3 is 0 Å². The second kappa shape index (κ2) is 10.4. The number of benzene rings is 1. The zero-order valence-corrected chi connectivity index (χ0v) is 14.1. The molecule has 0 radical (unpaired) electrons. The van der Waals surface area contributed by atoms with Crippen LogP contribution in [0, 0.1) is 0 Å². The van der Waals surface area contributed by atoms with E-state index in [0.717, 1.165) is 48.6 Å². The molecule has 2 nitrogen and oxygen atoms in total. The maximum absolute atomic E-state index is 12.1. The van der Waals surface area contributed by atoms with E-state index < -0.39 is 10.8 Å². The summed E-state index contributed by atoms with van der Waals surface area (Å²) in [7, 11) is -0.818. The first-order valence-electron chi connectivity index (χ1n) is 7.49. The third kappa shape index (κ3) is 6.87. The molecule has 0 amide bonds. The summed E-state index contributed by atoms with van der Waals surface area (Å²) in [6.45, 7) is 5.45. The minimum Gasteiger partial charge on any atom is -0.314 e. The smallest absolute Gasteiger partial charge is 0.0500 e. The van der Waals surface area contributed by atoms with Gasteiger partial charge in [0.05, 0.1) is 0 Å². The predicted octanol–water partition coefficient (Wildman–Crippen LogP) is 4.15. The molecule has 0 saturated heterocycles. The summed E-state index contributed by atoms with van der Waals surface area (Å²) in [5.41, 5.74) is 0.989. The van der Waals surface area contributed by atoms with Crippen LogP contribution in [-0.4, -0.2) is 22.5 Å². The van der Waals surface area contributed by atoms with Crippen molar-refractivity contribution in [1.29, 1.82) is 0 Å². The normalized spacial score (nSPS) is 14.2. The van der Waals surface area contributed by atoms with Gasteiger partial charge in [-0.15, -0.1) is 0 Å². The first kappa shape index (κ1) is 17.7. The molecule has 1 rings (SSSR count). The van der Waals surface area contributed by atoms with Gasteiger partial charge in [-0.25, -0.2) is 0 Å². The van der Waals surface area contributed by atoms with Gasteiger partial charge in [-0.1, -0.05) is 43.6 Å². The van der Waals surface area contributed by atoms with Gasteiger partial charge in [-0.2, -0.15) is 0 Å². The topological polar surface area (TPSA) is 29.1 Å². The van der Waals surface area contributed by atoms with Gasteiger partial charge in [0.25, 0.3) is 0 Å². The molecule has 0 saturated carbocycles. The lowest BCUT2D eigenvalue weighted by atomic mass is 10.1. The Kier molecular flexibility index (Phi) is 9.16. The molecular weight excluding hydrogens is 290 g/mol. The Bertz CT molecular complexity index is 411. The van der Waals surface area contributed by atoms with E-state index in [2.05, 4.69) is 19.2 Å². The first-order chi connectivity index (χ1) is 9.67. The van der Waals surface area contributed by atoms with Crippen molar-refractivity contribution in [2.45, 2.75) is 51.3 Å². The summed E-state index contributed by atoms with van der Waals surface area (Å²) in [5, 5.41) is 4.25. The van der Waals surface area contributed by atoms with Crippen molar-refractivity contribution in [3.63, 3.8) is 0 Å². The van der Waals surface area contributed by atoms with Crippen LogP contribution in [0.2, 0.25) is 5.02 Å². The van der Waals surface area contributed by atoms with Crippen LogP contribution >= 0.6 is 11.6 Å². The Morgan fingerprint density at radius 3 is 2.70 bits per heavy atom. The van der Waals surface area contributed by atoms with Crippen LogP contribution in [0.25, 0.3) is 0 Å². The lowest BCUT2D eigenvalue weighted by Crippen LogP contribution is -2.29. The second-order valence-electron chi connectivity index (χ2n) is 5.08. The van der Waals surface area contributed by atoms with Gasteiger partial charge in [-0.05, 0) is 43.9 Å². The Balaban J connectivity index is 2.28. The van der Waals surface area contributed by atoms with E-state index in [1.54, 1.807) is 0 Å². The Labute approximate surface area is 130 Å². The molecule has 1 N–H and O–H groups in total. The highest BCUT2D eigenvalue weighted by molar-refractivity contribution is 7.84. The summed E-state index contributed by atoms with van der Waals surface area (Å²) in [4.78, 5) is 0. The van der Waals surface area contributed by atoms with Gasteiger partial charge in [-0.3, -0.25) is 4.21 Å². The zero-order chi connectivity index (χ0) is 14.8. The third-order valence-corrected chi connectivity index (χ3v) is 5.12. The fraction of sp³-hybridized carbons (Fsp3) is 0.625. The predicted molar refractivity (Wildman–Crippen MR) is 89.8 cm³/mol. The van der Waals surface area contributed by atoms with Gasteiger partial charge in [0.15, 0.2) is 0 Å². The highest BCUT2D eigenvalue weighted by Crippen LogP contribution is 2.17. The molecule has 0 heterocycles. The van der Waals surface area contributed by atoms with Crippen molar-refractivity contribution in [2.75, 3.05) is 12.3 Å². The molecule has 0 aliphatic rings. The van der Waals surface area contributed by atoms with Gasteiger partial charge in [0.2, 0.25) is 0 Å². The molecule has 1 aromatic carbocycles. The van der Waals surface area contributed by atoms with Gasteiger partial charge < -0.3 is 5.32 Å². The molecule has 0 bridgehead atoms. The number of halogens is 1. The lowest BCUT2D eigenvalue weighted by Gasteiger charge is -2.16. The van der Waals surface area contributed by atoms with E-state index in [1.165, 1.54) is 0 Å². The van der Waals surface area contributed by atoms with Crippen LogP contribution in [0.5, 0.6) is 0 Å². The largest absolute Gasteiger partial charge is 0.314 e. The molecule has 0 fully saturated rings. The van der Waals surface area contributed by atoms with Crippen molar-refractivity contribution in [3.8, 4) is 0 Å².